The summed E-state index contributed by atoms with van der Waals surface area (Å²) in [7, 11) is 1.29. The third-order valence-corrected chi connectivity index (χ3v) is 3.70. The maximum Gasteiger partial charge on any atom is 0.339 e. The normalized spacial score (nSPS) is 10.4. The number of ether oxygens (including phenoxy) is 1. The first-order chi connectivity index (χ1) is 11.9. The number of carbonyl (C=O) groups is 2. The molecule has 0 heterocycles. The van der Waals surface area contributed by atoms with Crippen molar-refractivity contribution < 1.29 is 18.7 Å². The predicted octanol–water partition coefficient (Wildman–Crippen LogP) is 3.47. The van der Waals surface area contributed by atoms with Crippen LogP contribution in [0.3, 0.4) is 0 Å². The van der Waals surface area contributed by atoms with Gasteiger partial charge < -0.3 is 15.0 Å². The van der Waals surface area contributed by atoms with Gasteiger partial charge in [-0.05, 0) is 50.2 Å². The quantitative estimate of drug-likeness (QED) is 0.815. The minimum atomic E-state index is -0.518. The zero-order valence-electron chi connectivity index (χ0n) is 14.5. The van der Waals surface area contributed by atoms with Crippen molar-refractivity contribution in [3.63, 3.8) is 0 Å². The molecule has 0 spiro atoms. The number of carbonyl (C=O) groups excluding carboxylic acids is 2. The van der Waals surface area contributed by atoms with Crippen molar-refractivity contribution in [1.29, 1.82) is 0 Å². The van der Waals surface area contributed by atoms with Crippen LogP contribution in [-0.4, -0.2) is 31.6 Å². The molecule has 2 rings (SSSR count). The van der Waals surface area contributed by atoms with Gasteiger partial charge in [-0.25, -0.2) is 9.18 Å². The molecule has 0 aliphatic carbocycles. The molecule has 0 radical (unpaired) electrons. The molecule has 0 fully saturated rings. The van der Waals surface area contributed by atoms with Gasteiger partial charge in [-0.3, -0.25) is 4.79 Å². The van der Waals surface area contributed by atoms with Crippen molar-refractivity contribution in [2.24, 2.45) is 0 Å². The topological polar surface area (TPSA) is 58.6 Å². The fourth-order valence-corrected chi connectivity index (χ4v) is 2.43. The Kier molecular flexibility index (Phi) is 6.11. The first-order valence-corrected chi connectivity index (χ1v) is 7.91. The molecule has 1 N–H and O–H groups in total. The number of nitrogens with one attached hydrogen (secondary N) is 1. The van der Waals surface area contributed by atoms with E-state index in [1.54, 1.807) is 36.4 Å². The Morgan fingerprint density at radius 3 is 2.36 bits per heavy atom. The van der Waals surface area contributed by atoms with Gasteiger partial charge in [0.1, 0.15) is 5.82 Å². The van der Waals surface area contributed by atoms with E-state index >= 15 is 0 Å². The average Bonchev–Trinajstić information content (AvgIpc) is 2.60. The maximum absolute atomic E-state index is 13.1. The number of anilines is 2. The standard InChI is InChI=1S/C19H21FN2O3/c1-13(2)22(15-10-8-14(20)9-11-15)12-18(23)21-17-7-5-4-6-16(17)19(24)25-3/h4-11,13H,12H2,1-3H3,(H,21,23). The summed E-state index contributed by atoms with van der Waals surface area (Å²) in [6.45, 7) is 3.96. The zero-order valence-corrected chi connectivity index (χ0v) is 14.5. The molecule has 6 heteroatoms. The summed E-state index contributed by atoms with van der Waals surface area (Å²) >= 11 is 0. The van der Waals surface area contributed by atoms with E-state index in [0.29, 0.717) is 5.69 Å². The van der Waals surface area contributed by atoms with Crippen molar-refractivity contribution in [2.75, 3.05) is 23.9 Å². The van der Waals surface area contributed by atoms with Crippen LogP contribution in [0.2, 0.25) is 0 Å². The Morgan fingerprint density at radius 2 is 1.76 bits per heavy atom. The molecule has 0 saturated heterocycles. The first-order valence-electron chi connectivity index (χ1n) is 7.91. The van der Waals surface area contributed by atoms with Gasteiger partial charge in [-0.1, -0.05) is 12.1 Å². The summed E-state index contributed by atoms with van der Waals surface area (Å²) in [5.74, 6) is -1.13. The van der Waals surface area contributed by atoms with E-state index in [1.807, 2.05) is 18.7 Å². The van der Waals surface area contributed by atoms with Crippen LogP contribution in [0, 0.1) is 5.82 Å². The largest absolute Gasteiger partial charge is 0.465 e. The lowest BCUT2D eigenvalue weighted by atomic mass is 10.1. The first kappa shape index (κ1) is 18.4. The van der Waals surface area contributed by atoms with Crippen LogP contribution in [-0.2, 0) is 9.53 Å². The highest BCUT2D eigenvalue weighted by atomic mass is 19.1. The highest BCUT2D eigenvalue weighted by molar-refractivity contribution is 6.02. The van der Waals surface area contributed by atoms with Crippen molar-refractivity contribution in [2.45, 2.75) is 19.9 Å². The van der Waals surface area contributed by atoms with Gasteiger partial charge >= 0.3 is 5.97 Å². The van der Waals surface area contributed by atoms with Gasteiger partial charge in [0.2, 0.25) is 5.91 Å². The molecule has 0 atom stereocenters. The number of rotatable bonds is 6. The molecular weight excluding hydrogens is 323 g/mol. The third kappa shape index (κ3) is 4.79. The van der Waals surface area contributed by atoms with Crippen molar-refractivity contribution in [3.8, 4) is 0 Å². The number of benzene rings is 2. The second kappa shape index (κ2) is 8.28. The fraction of sp³-hybridized carbons (Fsp3) is 0.263. The Balaban J connectivity index is 2.15. The average molecular weight is 344 g/mol. The fourth-order valence-electron chi connectivity index (χ4n) is 2.43. The lowest BCUT2D eigenvalue weighted by Gasteiger charge is -2.28. The predicted molar refractivity (Wildman–Crippen MR) is 95.3 cm³/mol. The molecule has 0 saturated carbocycles. The second-order valence-electron chi connectivity index (χ2n) is 5.78. The number of amides is 1. The summed E-state index contributed by atoms with van der Waals surface area (Å²) in [5, 5.41) is 2.74. The zero-order chi connectivity index (χ0) is 18.4. The molecule has 0 aliphatic rings. The molecule has 0 aliphatic heterocycles. The molecule has 0 bridgehead atoms. The van der Waals surface area contributed by atoms with E-state index in [0.717, 1.165) is 5.69 Å². The van der Waals surface area contributed by atoms with E-state index in [2.05, 4.69) is 5.32 Å². The van der Waals surface area contributed by atoms with Gasteiger partial charge in [0.25, 0.3) is 0 Å². The highest BCUT2D eigenvalue weighted by Gasteiger charge is 2.17. The van der Waals surface area contributed by atoms with Crippen LogP contribution in [0.5, 0.6) is 0 Å². The van der Waals surface area contributed by atoms with Crippen LogP contribution in [0.25, 0.3) is 0 Å². The molecule has 0 aromatic heterocycles. The van der Waals surface area contributed by atoms with Crippen LogP contribution >= 0.6 is 0 Å². The Morgan fingerprint density at radius 1 is 1.12 bits per heavy atom. The summed E-state index contributed by atoms with van der Waals surface area (Å²) in [4.78, 5) is 26.1. The Bertz CT molecular complexity index is 745. The molecule has 2 aromatic rings. The molecule has 2 aromatic carbocycles. The molecule has 132 valence electrons. The van der Waals surface area contributed by atoms with Crippen molar-refractivity contribution >= 4 is 23.3 Å². The van der Waals surface area contributed by atoms with E-state index in [1.165, 1.54) is 19.2 Å². The van der Waals surface area contributed by atoms with Gasteiger partial charge in [0.15, 0.2) is 0 Å². The Hall–Kier alpha value is -2.89. The van der Waals surface area contributed by atoms with E-state index in [9.17, 15) is 14.0 Å². The monoisotopic (exact) mass is 344 g/mol. The second-order valence-corrected chi connectivity index (χ2v) is 5.78. The summed E-state index contributed by atoms with van der Waals surface area (Å²) in [6, 6.07) is 12.7. The number of hydrogen-bond donors (Lipinski definition) is 1. The van der Waals surface area contributed by atoms with Crippen LogP contribution in [0.15, 0.2) is 48.5 Å². The third-order valence-electron chi connectivity index (χ3n) is 3.70. The number of esters is 1. The van der Waals surface area contributed by atoms with Gasteiger partial charge in [0.05, 0.1) is 24.9 Å². The number of methoxy groups -OCH3 is 1. The number of para-hydroxylation sites is 1. The summed E-state index contributed by atoms with van der Waals surface area (Å²) in [5.41, 5.74) is 1.42. The molecule has 5 nitrogen and oxygen atoms in total. The minimum Gasteiger partial charge on any atom is -0.465 e. The van der Waals surface area contributed by atoms with Gasteiger partial charge in [0, 0.05) is 11.7 Å². The Labute approximate surface area is 146 Å². The summed E-state index contributed by atoms with van der Waals surface area (Å²) in [6.07, 6.45) is 0. The molecular formula is C19H21FN2O3. The lowest BCUT2D eigenvalue weighted by Crippen LogP contribution is -2.38. The van der Waals surface area contributed by atoms with E-state index in [-0.39, 0.29) is 29.9 Å². The van der Waals surface area contributed by atoms with Crippen LogP contribution in [0.1, 0.15) is 24.2 Å². The minimum absolute atomic E-state index is 0.0343. The SMILES string of the molecule is COC(=O)c1ccccc1NC(=O)CN(c1ccc(F)cc1)C(C)C. The van der Waals surface area contributed by atoms with Crippen molar-refractivity contribution in [3.05, 3.63) is 59.9 Å². The summed E-state index contributed by atoms with van der Waals surface area (Å²) < 4.78 is 17.8. The molecule has 0 unspecified atom stereocenters. The number of halogens is 1. The molecule has 25 heavy (non-hydrogen) atoms. The van der Waals surface area contributed by atoms with Crippen molar-refractivity contribution in [1.82, 2.24) is 0 Å². The number of nitrogens with zero attached hydrogens (tertiary/aromatic N) is 1. The van der Waals surface area contributed by atoms with E-state index < -0.39 is 5.97 Å². The van der Waals surface area contributed by atoms with Gasteiger partial charge in [-0.2, -0.15) is 0 Å². The van der Waals surface area contributed by atoms with Gasteiger partial charge in [-0.15, -0.1) is 0 Å². The highest BCUT2D eigenvalue weighted by Crippen LogP contribution is 2.19. The lowest BCUT2D eigenvalue weighted by molar-refractivity contribution is -0.115. The maximum atomic E-state index is 13.1. The smallest absolute Gasteiger partial charge is 0.339 e. The number of hydrogen-bond acceptors (Lipinski definition) is 4. The van der Waals surface area contributed by atoms with Crippen LogP contribution in [0.4, 0.5) is 15.8 Å². The molecule has 1 amide bonds. The van der Waals surface area contributed by atoms with Crippen LogP contribution < -0.4 is 10.2 Å². The van der Waals surface area contributed by atoms with E-state index in [4.69, 9.17) is 4.74 Å².